The zero-order chi connectivity index (χ0) is 10.6. The van der Waals surface area contributed by atoms with Gasteiger partial charge in [0.25, 0.3) is 0 Å². The first kappa shape index (κ1) is 10.7. The molecule has 0 aromatic rings. The van der Waals surface area contributed by atoms with Crippen LogP contribution in [0, 0.1) is 0 Å². The Hall–Kier alpha value is -1.36. The number of carbonyl (C=O) groups is 1. The third-order valence-corrected chi connectivity index (χ3v) is 2.00. The first-order valence-electron chi connectivity index (χ1n) is 4.47. The van der Waals surface area contributed by atoms with Crippen LogP contribution in [0.15, 0.2) is 16.6 Å². The zero-order valence-corrected chi connectivity index (χ0v) is 8.03. The summed E-state index contributed by atoms with van der Waals surface area (Å²) in [5.41, 5.74) is 0.251. The average Bonchev–Trinajstić information content (AvgIpc) is 2.53. The number of aliphatic carboxylic acids is 1. The van der Waals surface area contributed by atoms with Crippen molar-refractivity contribution in [3.05, 3.63) is 11.6 Å². The van der Waals surface area contributed by atoms with E-state index in [2.05, 4.69) is 10.3 Å². The second-order valence-corrected chi connectivity index (χ2v) is 3.21. The van der Waals surface area contributed by atoms with Crippen molar-refractivity contribution in [2.75, 3.05) is 13.2 Å². The molecular weight excluding hydrogens is 184 g/mol. The van der Waals surface area contributed by atoms with E-state index in [1.54, 1.807) is 0 Å². The van der Waals surface area contributed by atoms with Gasteiger partial charge < -0.3 is 15.5 Å². The van der Waals surface area contributed by atoms with Gasteiger partial charge in [-0.2, -0.15) is 0 Å². The Labute approximate surface area is 82.2 Å². The van der Waals surface area contributed by atoms with Gasteiger partial charge >= 0.3 is 5.97 Å². The highest BCUT2D eigenvalue weighted by Crippen LogP contribution is 2.03. The fourth-order valence-corrected chi connectivity index (χ4v) is 1.18. The second-order valence-electron chi connectivity index (χ2n) is 3.21. The summed E-state index contributed by atoms with van der Waals surface area (Å²) in [6.07, 6.45) is 2.13. The predicted molar refractivity (Wildman–Crippen MR) is 52.3 cm³/mol. The molecule has 1 unspecified atom stereocenters. The lowest BCUT2D eigenvalue weighted by Gasteiger charge is -2.07. The molecule has 3 N–H and O–H groups in total. The van der Waals surface area contributed by atoms with Crippen molar-refractivity contribution in [3.8, 4) is 0 Å². The normalized spacial score (nSPS) is 21.7. The van der Waals surface area contributed by atoms with Crippen molar-refractivity contribution in [1.29, 1.82) is 0 Å². The molecule has 1 aliphatic heterocycles. The third-order valence-electron chi connectivity index (χ3n) is 2.00. The molecule has 1 aliphatic rings. The molecule has 0 fully saturated rings. The molecule has 78 valence electrons. The Morgan fingerprint density at radius 3 is 3.07 bits per heavy atom. The van der Waals surface area contributed by atoms with E-state index in [4.69, 9.17) is 10.2 Å². The van der Waals surface area contributed by atoms with E-state index in [-0.39, 0.29) is 18.2 Å². The van der Waals surface area contributed by atoms with Crippen molar-refractivity contribution in [2.24, 2.45) is 4.99 Å². The van der Waals surface area contributed by atoms with Crippen LogP contribution >= 0.6 is 0 Å². The SMILES string of the molecule is CC(=CC1=NCC(CCO)N1)C(=O)O. The number of amidine groups is 1. The highest BCUT2D eigenvalue weighted by Gasteiger charge is 2.15. The smallest absolute Gasteiger partial charge is 0.331 e. The van der Waals surface area contributed by atoms with Gasteiger partial charge in [-0.15, -0.1) is 0 Å². The number of rotatable bonds is 4. The molecule has 0 saturated carbocycles. The number of aliphatic hydroxyl groups is 1. The Bertz CT molecular complexity index is 284. The number of nitrogens with zero attached hydrogens (tertiary/aromatic N) is 1. The second kappa shape index (κ2) is 4.76. The van der Waals surface area contributed by atoms with E-state index >= 15 is 0 Å². The molecule has 0 aliphatic carbocycles. The first-order valence-corrected chi connectivity index (χ1v) is 4.47. The van der Waals surface area contributed by atoms with Gasteiger partial charge in [-0.05, 0) is 19.4 Å². The summed E-state index contributed by atoms with van der Waals surface area (Å²) in [6, 6.07) is 0.132. The van der Waals surface area contributed by atoms with Crippen molar-refractivity contribution < 1.29 is 15.0 Å². The van der Waals surface area contributed by atoms with Gasteiger partial charge in [0.2, 0.25) is 0 Å². The van der Waals surface area contributed by atoms with E-state index in [0.29, 0.717) is 18.8 Å². The number of carboxylic acids is 1. The molecule has 1 rings (SSSR count). The maximum Gasteiger partial charge on any atom is 0.331 e. The van der Waals surface area contributed by atoms with E-state index < -0.39 is 5.97 Å². The van der Waals surface area contributed by atoms with Gasteiger partial charge in [-0.3, -0.25) is 4.99 Å². The zero-order valence-electron chi connectivity index (χ0n) is 8.03. The lowest BCUT2D eigenvalue weighted by molar-refractivity contribution is -0.132. The molecule has 0 amide bonds. The first-order chi connectivity index (χ1) is 6.63. The molecule has 5 heteroatoms. The highest BCUT2D eigenvalue weighted by molar-refractivity contribution is 6.01. The lowest BCUT2D eigenvalue weighted by Crippen LogP contribution is -2.30. The molecule has 0 radical (unpaired) electrons. The Morgan fingerprint density at radius 1 is 1.79 bits per heavy atom. The molecule has 0 aromatic carbocycles. The molecular formula is C9H14N2O3. The largest absolute Gasteiger partial charge is 0.478 e. The number of aliphatic imine (C=N–C) groups is 1. The third kappa shape index (κ3) is 2.85. The highest BCUT2D eigenvalue weighted by atomic mass is 16.4. The van der Waals surface area contributed by atoms with Crippen LogP contribution in [0.5, 0.6) is 0 Å². The summed E-state index contributed by atoms with van der Waals surface area (Å²) in [5, 5.41) is 20.3. The van der Waals surface area contributed by atoms with Crippen molar-refractivity contribution >= 4 is 11.8 Å². The maximum atomic E-state index is 10.5. The van der Waals surface area contributed by atoms with Gasteiger partial charge in [-0.25, -0.2) is 4.79 Å². The van der Waals surface area contributed by atoms with E-state index in [1.807, 2.05) is 0 Å². The lowest BCUT2D eigenvalue weighted by atomic mass is 10.2. The average molecular weight is 198 g/mol. The van der Waals surface area contributed by atoms with Crippen LogP contribution in [0.3, 0.4) is 0 Å². The summed E-state index contributed by atoms with van der Waals surface area (Å²) >= 11 is 0. The van der Waals surface area contributed by atoms with Crippen LogP contribution in [-0.2, 0) is 4.79 Å². The molecule has 14 heavy (non-hydrogen) atoms. The number of nitrogens with one attached hydrogen (secondary N) is 1. The number of hydrogen-bond acceptors (Lipinski definition) is 4. The fraction of sp³-hybridized carbons (Fsp3) is 0.556. The number of hydrogen-bond donors (Lipinski definition) is 3. The van der Waals surface area contributed by atoms with Crippen LogP contribution in [-0.4, -0.2) is 41.2 Å². The number of carboxylic acid groups (broad SMARTS) is 1. The van der Waals surface area contributed by atoms with E-state index in [9.17, 15) is 4.79 Å². The quantitative estimate of drug-likeness (QED) is 0.545. The van der Waals surface area contributed by atoms with Crippen LogP contribution in [0.4, 0.5) is 0 Å². The summed E-state index contributed by atoms with van der Waals surface area (Å²) < 4.78 is 0. The van der Waals surface area contributed by atoms with E-state index in [1.165, 1.54) is 13.0 Å². The summed E-state index contributed by atoms with van der Waals surface area (Å²) in [5.74, 6) is -0.358. The number of aliphatic hydroxyl groups excluding tert-OH is 1. The standard InChI is InChI=1S/C9H14N2O3/c1-6(9(13)14)4-8-10-5-7(11-8)2-3-12/h4,7,12H,2-3,5H2,1H3,(H,10,11)(H,13,14). The van der Waals surface area contributed by atoms with Gasteiger partial charge in [0.1, 0.15) is 5.84 Å². The molecule has 1 atom stereocenters. The molecule has 0 spiro atoms. The maximum absolute atomic E-state index is 10.5. The fourth-order valence-electron chi connectivity index (χ4n) is 1.18. The summed E-state index contributed by atoms with van der Waals surface area (Å²) in [4.78, 5) is 14.6. The minimum Gasteiger partial charge on any atom is -0.478 e. The van der Waals surface area contributed by atoms with Crippen molar-refractivity contribution in [1.82, 2.24) is 5.32 Å². The van der Waals surface area contributed by atoms with Crippen LogP contribution in [0.25, 0.3) is 0 Å². The van der Waals surface area contributed by atoms with E-state index in [0.717, 1.165) is 0 Å². The van der Waals surface area contributed by atoms with Gasteiger partial charge in [0.05, 0.1) is 6.54 Å². The predicted octanol–water partition coefficient (Wildman–Crippen LogP) is -0.230. The van der Waals surface area contributed by atoms with Crippen LogP contribution in [0.1, 0.15) is 13.3 Å². The Kier molecular flexibility index (Phi) is 3.64. The molecule has 0 bridgehead atoms. The minimum absolute atomic E-state index is 0.113. The summed E-state index contributed by atoms with van der Waals surface area (Å²) in [6.45, 7) is 2.23. The Morgan fingerprint density at radius 2 is 2.50 bits per heavy atom. The van der Waals surface area contributed by atoms with Gasteiger partial charge in [-0.1, -0.05) is 0 Å². The van der Waals surface area contributed by atoms with Crippen molar-refractivity contribution in [2.45, 2.75) is 19.4 Å². The molecule has 0 aromatic heterocycles. The van der Waals surface area contributed by atoms with Gasteiger partial charge in [0, 0.05) is 18.2 Å². The molecule has 5 nitrogen and oxygen atoms in total. The van der Waals surface area contributed by atoms with Crippen LogP contribution < -0.4 is 5.32 Å². The molecule has 1 heterocycles. The Balaban J connectivity index is 2.50. The monoisotopic (exact) mass is 198 g/mol. The van der Waals surface area contributed by atoms with Crippen LogP contribution in [0.2, 0.25) is 0 Å². The minimum atomic E-state index is -0.944. The van der Waals surface area contributed by atoms with Crippen molar-refractivity contribution in [3.63, 3.8) is 0 Å². The summed E-state index contributed by atoms with van der Waals surface area (Å²) in [7, 11) is 0. The van der Waals surface area contributed by atoms with Gasteiger partial charge in [0.15, 0.2) is 0 Å². The molecule has 0 saturated heterocycles. The topological polar surface area (TPSA) is 81.9 Å².